The molecule has 7 heteroatoms. The molecule has 5 rings (SSSR count). The minimum absolute atomic E-state index is 0.228. The fourth-order valence-electron chi connectivity index (χ4n) is 6.43. The molecule has 0 unspecified atom stereocenters. The maximum Gasteiger partial charge on any atom is 0.236 e. The first kappa shape index (κ1) is 27.5. The minimum atomic E-state index is 0.228. The Hall–Kier alpha value is -3.03. The number of H-pyrrole nitrogens is 1. The average molecular weight is 533 g/mol. The Kier molecular flexibility index (Phi) is 8.48. The van der Waals surface area contributed by atoms with Crippen LogP contribution in [-0.4, -0.2) is 61.7 Å². The summed E-state index contributed by atoms with van der Waals surface area (Å²) in [5.41, 5.74) is 12.1. The van der Waals surface area contributed by atoms with Gasteiger partial charge in [0.25, 0.3) is 0 Å². The number of fused-ring (bicyclic) bond motifs is 1. The van der Waals surface area contributed by atoms with E-state index < -0.39 is 0 Å². The molecular formula is C32H44N4O3. The monoisotopic (exact) mass is 532 g/mol. The van der Waals surface area contributed by atoms with Crippen molar-refractivity contribution in [1.29, 1.82) is 0 Å². The lowest BCUT2D eigenvalue weighted by Crippen LogP contribution is -2.46. The molecule has 1 aliphatic carbocycles. The molecule has 2 aromatic carbocycles. The topological polar surface area (TPSA) is 92.6 Å². The maximum absolute atomic E-state index is 12.9. The van der Waals surface area contributed by atoms with Crippen molar-refractivity contribution in [1.82, 2.24) is 15.2 Å². The van der Waals surface area contributed by atoms with Gasteiger partial charge in [0.1, 0.15) is 0 Å². The van der Waals surface area contributed by atoms with Crippen LogP contribution in [-0.2, 0) is 4.79 Å². The number of hydrogen-bond acceptors (Lipinski definition) is 5. The molecule has 1 aliphatic heterocycles. The van der Waals surface area contributed by atoms with Crippen molar-refractivity contribution < 1.29 is 14.3 Å². The summed E-state index contributed by atoms with van der Waals surface area (Å²) in [4.78, 5) is 18.6. The molecule has 210 valence electrons. The van der Waals surface area contributed by atoms with Crippen LogP contribution in [0.4, 0.5) is 0 Å². The van der Waals surface area contributed by atoms with Crippen LogP contribution in [0.3, 0.4) is 0 Å². The number of amides is 1. The van der Waals surface area contributed by atoms with Gasteiger partial charge in [0.05, 0.1) is 26.5 Å². The van der Waals surface area contributed by atoms with Gasteiger partial charge in [0, 0.05) is 41.6 Å². The normalized spacial score (nSPS) is 20.5. The number of piperidine rings is 1. The summed E-state index contributed by atoms with van der Waals surface area (Å²) in [6, 6.07) is 13.7. The molecular weight excluding hydrogens is 488 g/mol. The van der Waals surface area contributed by atoms with E-state index in [1.807, 2.05) is 17.0 Å². The maximum atomic E-state index is 12.9. The molecule has 3 aromatic rings. The Morgan fingerprint density at radius 3 is 2.38 bits per heavy atom. The number of aromatic amines is 1. The summed E-state index contributed by atoms with van der Waals surface area (Å²) in [5, 5.41) is 4.76. The summed E-state index contributed by atoms with van der Waals surface area (Å²) in [6.07, 6.45) is 6.25. The number of likely N-dealkylation sites (tertiary alicyclic amines) is 1. The highest BCUT2D eigenvalue weighted by Gasteiger charge is 2.26. The van der Waals surface area contributed by atoms with E-state index in [1.165, 1.54) is 16.5 Å². The van der Waals surface area contributed by atoms with Crippen molar-refractivity contribution in [3.8, 4) is 22.8 Å². The van der Waals surface area contributed by atoms with Crippen molar-refractivity contribution in [2.45, 2.75) is 76.3 Å². The van der Waals surface area contributed by atoms with Crippen LogP contribution in [0, 0.1) is 0 Å². The molecule has 4 N–H and O–H groups in total. The highest BCUT2D eigenvalue weighted by atomic mass is 16.5. The number of nitrogens with zero attached hydrogens (tertiary/aromatic N) is 1. The van der Waals surface area contributed by atoms with E-state index in [4.69, 9.17) is 15.2 Å². The van der Waals surface area contributed by atoms with Crippen LogP contribution in [0.2, 0.25) is 0 Å². The SMILES string of the molecule is COc1ccc(-c2[nH]c3ccc(C4CCN(C(=O)CNC5CCC(N)CC5)CC4)cc3c2C(C)C)cc1OC. The Balaban J connectivity index is 1.28. The summed E-state index contributed by atoms with van der Waals surface area (Å²) in [6.45, 7) is 6.58. The number of carbonyl (C=O) groups excluding carboxylic acids is 1. The number of rotatable bonds is 8. The van der Waals surface area contributed by atoms with Crippen LogP contribution in [0.15, 0.2) is 36.4 Å². The zero-order chi connectivity index (χ0) is 27.5. The van der Waals surface area contributed by atoms with E-state index in [0.29, 0.717) is 30.5 Å². The summed E-state index contributed by atoms with van der Waals surface area (Å²) >= 11 is 0. The standard InChI is InChI=1S/C32H44N4O3/c1-20(2)31-26-17-22(5-11-27(26)35-32(31)23-6-12-28(38-3)29(18-23)39-4)21-13-15-36(16-14-21)30(37)19-34-25-9-7-24(33)8-10-25/h5-6,11-12,17-18,20-21,24-25,34-35H,7-10,13-16,19,33H2,1-4H3. The Morgan fingerprint density at radius 2 is 1.72 bits per heavy atom. The molecule has 2 aliphatic rings. The lowest BCUT2D eigenvalue weighted by Gasteiger charge is -2.33. The van der Waals surface area contributed by atoms with Crippen molar-refractivity contribution in [3.63, 3.8) is 0 Å². The molecule has 2 heterocycles. The third-order valence-electron chi connectivity index (χ3n) is 8.75. The lowest BCUT2D eigenvalue weighted by atomic mass is 9.87. The molecule has 1 amide bonds. The molecule has 0 spiro atoms. The number of aromatic nitrogens is 1. The second kappa shape index (κ2) is 12.0. The molecule has 0 radical (unpaired) electrons. The van der Waals surface area contributed by atoms with Crippen LogP contribution in [0.25, 0.3) is 22.2 Å². The first-order valence-corrected chi connectivity index (χ1v) is 14.5. The number of benzene rings is 2. The van der Waals surface area contributed by atoms with Gasteiger partial charge >= 0.3 is 0 Å². The Bertz CT molecular complexity index is 1280. The van der Waals surface area contributed by atoms with Gasteiger partial charge in [-0.2, -0.15) is 0 Å². The first-order valence-electron chi connectivity index (χ1n) is 14.5. The van der Waals surface area contributed by atoms with Crippen LogP contribution >= 0.6 is 0 Å². The fraction of sp³-hybridized carbons (Fsp3) is 0.531. The Labute approximate surface area is 232 Å². The van der Waals surface area contributed by atoms with Gasteiger partial charge in [-0.3, -0.25) is 4.79 Å². The van der Waals surface area contributed by atoms with Crippen LogP contribution in [0.1, 0.15) is 75.3 Å². The Morgan fingerprint density at radius 1 is 1.00 bits per heavy atom. The van der Waals surface area contributed by atoms with Gasteiger partial charge in [0.15, 0.2) is 11.5 Å². The van der Waals surface area contributed by atoms with E-state index in [2.05, 4.69) is 48.4 Å². The van der Waals surface area contributed by atoms with E-state index in [1.54, 1.807) is 14.2 Å². The second-order valence-electron chi connectivity index (χ2n) is 11.6. The third-order valence-corrected chi connectivity index (χ3v) is 8.75. The second-order valence-corrected chi connectivity index (χ2v) is 11.6. The molecule has 0 bridgehead atoms. The molecule has 1 saturated heterocycles. The number of nitrogens with two attached hydrogens (primary N) is 1. The predicted octanol–water partition coefficient (Wildman–Crippen LogP) is 5.54. The van der Waals surface area contributed by atoms with Gasteiger partial charge in [-0.1, -0.05) is 19.9 Å². The quantitative estimate of drug-likeness (QED) is 0.354. The summed E-state index contributed by atoms with van der Waals surface area (Å²) in [7, 11) is 3.33. The van der Waals surface area contributed by atoms with Crippen LogP contribution in [0.5, 0.6) is 11.5 Å². The van der Waals surface area contributed by atoms with Crippen molar-refractivity contribution in [2.75, 3.05) is 33.9 Å². The first-order chi connectivity index (χ1) is 18.9. The lowest BCUT2D eigenvalue weighted by molar-refractivity contribution is -0.131. The summed E-state index contributed by atoms with van der Waals surface area (Å²) < 4.78 is 11.0. The van der Waals surface area contributed by atoms with Crippen molar-refractivity contribution in [3.05, 3.63) is 47.5 Å². The number of hydrogen-bond donors (Lipinski definition) is 3. The predicted molar refractivity (Wildman–Crippen MR) is 158 cm³/mol. The minimum Gasteiger partial charge on any atom is -0.493 e. The van der Waals surface area contributed by atoms with Gasteiger partial charge in [-0.05, 0) is 91.8 Å². The average Bonchev–Trinajstić information content (AvgIpc) is 3.35. The molecule has 1 saturated carbocycles. The van der Waals surface area contributed by atoms with Crippen molar-refractivity contribution in [2.24, 2.45) is 5.73 Å². The number of methoxy groups -OCH3 is 2. The largest absolute Gasteiger partial charge is 0.493 e. The fourth-order valence-corrected chi connectivity index (χ4v) is 6.43. The third kappa shape index (κ3) is 5.94. The van der Waals surface area contributed by atoms with Gasteiger partial charge in [-0.25, -0.2) is 0 Å². The van der Waals surface area contributed by atoms with E-state index in [9.17, 15) is 4.79 Å². The molecule has 2 fully saturated rings. The van der Waals surface area contributed by atoms with Gasteiger partial charge < -0.3 is 30.4 Å². The highest BCUT2D eigenvalue weighted by Crippen LogP contribution is 2.40. The number of ether oxygens (including phenoxy) is 2. The molecule has 0 atom stereocenters. The van der Waals surface area contributed by atoms with E-state index >= 15 is 0 Å². The molecule has 1 aromatic heterocycles. The highest BCUT2D eigenvalue weighted by molar-refractivity contribution is 5.92. The van der Waals surface area contributed by atoms with Gasteiger partial charge in [0.2, 0.25) is 5.91 Å². The number of carbonyl (C=O) groups is 1. The molecule has 39 heavy (non-hydrogen) atoms. The van der Waals surface area contributed by atoms with Crippen molar-refractivity contribution >= 4 is 16.8 Å². The number of nitrogens with one attached hydrogen (secondary N) is 2. The zero-order valence-electron chi connectivity index (χ0n) is 23.9. The zero-order valence-corrected chi connectivity index (χ0v) is 23.9. The van der Waals surface area contributed by atoms with Gasteiger partial charge in [-0.15, -0.1) is 0 Å². The summed E-state index contributed by atoms with van der Waals surface area (Å²) in [5.74, 6) is 2.49. The van der Waals surface area contributed by atoms with Crippen LogP contribution < -0.4 is 20.5 Å². The molecule has 7 nitrogen and oxygen atoms in total. The van der Waals surface area contributed by atoms with E-state index in [-0.39, 0.29) is 5.91 Å². The van der Waals surface area contributed by atoms with E-state index in [0.717, 1.165) is 79.9 Å². The smallest absolute Gasteiger partial charge is 0.236 e.